The van der Waals surface area contributed by atoms with Crippen LogP contribution in [0.15, 0.2) is 36.5 Å². The molecule has 10 heteroatoms. The van der Waals surface area contributed by atoms with E-state index in [9.17, 15) is 30.0 Å². The summed E-state index contributed by atoms with van der Waals surface area (Å²) < 4.78 is 22.1. The zero-order valence-corrected chi connectivity index (χ0v) is 34.0. The van der Waals surface area contributed by atoms with Crippen molar-refractivity contribution in [3.05, 3.63) is 36.5 Å². The van der Waals surface area contributed by atoms with Crippen LogP contribution >= 0.6 is 0 Å². The van der Waals surface area contributed by atoms with Crippen LogP contribution in [-0.4, -0.2) is 89.0 Å². The Hall–Kier alpha value is -2.08. The van der Waals surface area contributed by atoms with Gasteiger partial charge in [0.2, 0.25) is 0 Å². The zero-order chi connectivity index (χ0) is 39.5. The summed E-state index contributed by atoms with van der Waals surface area (Å²) in [5, 5.41) is 40.0. The minimum absolute atomic E-state index is 0.207. The van der Waals surface area contributed by atoms with E-state index in [1.165, 1.54) is 64.2 Å². The molecule has 0 aromatic rings. The van der Waals surface area contributed by atoms with Gasteiger partial charge in [-0.15, -0.1) is 0 Å². The fourth-order valence-electron chi connectivity index (χ4n) is 6.26. The molecule has 1 fully saturated rings. The van der Waals surface area contributed by atoms with Crippen molar-refractivity contribution in [2.75, 3.05) is 19.8 Å². The lowest BCUT2D eigenvalue weighted by Crippen LogP contribution is -2.59. The molecule has 1 aliphatic heterocycles. The van der Waals surface area contributed by atoms with Gasteiger partial charge in [0.15, 0.2) is 12.4 Å². The molecule has 1 saturated heterocycles. The number of aliphatic hydroxyl groups is 4. The summed E-state index contributed by atoms with van der Waals surface area (Å²) in [7, 11) is 0. The van der Waals surface area contributed by atoms with E-state index in [-0.39, 0.29) is 26.1 Å². The number of unbranched alkanes of at least 4 members (excludes halogenated alkanes) is 18. The largest absolute Gasteiger partial charge is 0.462 e. The molecule has 0 spiro atoms. The maximum atomic E-state index is 12.7. The van der Waals surface area contributed by atoms with Crippen molar-refractivity contribution in [1.29, 1.82) is 0 Å². The van der Waals surface area contributed by atoms with Gasteiger partial charge >= 0.3 is 11.9 Å². The van der Waals surface area contributed by atoms with Crippen molar-refractivity contribution in [1.82, 2.24) is 0 Å². The van der Waals surface area contributed by atoms with Crippen LogP contribution in [0, 0.1) is 0 Å². The van der Waals surface area contributed by atoms with E-state index in [4.69, 9.17) is 18.9 Å². The minimum Gasteiger partial charge on any atom is -0.462 e. The monoisotopic (exact) mass is 767 g/mol. The van der Waals surface area contributed by atoms with Crippen molar-refractivity contribution in [2.45, 2.75) is 211 Å². The molecule has 314 valence electrons. The lowest BCUT2D eigenvalue weighted by molar-refractivity contribution is -0.305. The second kappa shape index (κ2) is 35.3. The number of carbonyl (C=O) groups excluding carboxylic acids is 2. The maximum Gasteiger partial charge on any atom is 0.306 e. The minimum atomic E-state index is -1.60. The van der Waals surface area contributed by atoms with Crippen LogP contribution in [0.5, 0.6) is 0 Å². The highest BCUT2D eigenvalue weighted by atomic mass is 16.7. The third-order valence-electron chi connectivity index (χ3n) is 9.75. The summed E-state index contributed by atoms with van der Waals surface area (Å²) in [6.07, 6.45) is 31.5. The van der Waals surface area contributed by atoms with Gasteiger partial charge in [0, 0.05) is 12.8 Å². The van der Waals surface area contributed by atoms with Gasteiger partial charge in [-0.1, -0.05) is 134 Å². The summed E-state index contributed by atoms with van der Waals surface area (Å²) >= 11 is 0. The zero-order valence-electron chi connectivity index (χ0n) is 34.0. The van der Waals surface area contributed by atoms with Crippen LogP contribution in [0.2, 0.25) is 0 Å². The van der Waals surface area contributed by atoms with Gasteiger partial charge in [-0.25, -0.2) is 0 Å². The Kier molecular flexibility index (Phi) is 32.7. The number of rotatable bonds is 35. The van der Waals surface area contributed by atoms with Gasteiger partial charge in [-0.05, 0) is 64.2 Å². The molecule has 6 atom stereocenters. The van der Waals surface area contributed by atoms with E-state index in [0.717, 1.165) is 70.6 Å². The molecule has 54 heavy (non-hydrogen) atoms. The van der Waals surface area contributed by atoms with Crippen LogP contribution in [0.4, 0.5) is 0 Å². The predicted molar refractivity (Wildman–Crippen MR) is 215 cm³/mol. The molecule has 1 heterocycles. The average molecular weight is 767 g/mol. The fraction of sp³-hybridized carbons (Fsp3) is 0.818. The quantitative estimate of drug-likeness (QED) is 0.0280. The normalized spacial score (nSPS) is 21.0. The molecular weight excluding hydrogens is 688 g/mol. The molecule has 10 nitrogen and oxygen atoms in total. The van der Waals surface area contributed by atoms with Crippen LogP contribution in [-0.2, 0) is 28.5 Å². The highest BCUT2D eigenvalue weighted by molar-refractivity contribution is 5.70. The Morgan fingerprint density at radius 1 is 0.574 bits per heavy atom. The number of hydrogen-bond acceptors (Lipinski definition) is 10. The number of hydrogen-bond donors (Lipinski definition) is 4. The van der Waals surface area contributed by atoms with Crippen LogP contribution in [0.3, 0.4) is 0 Å². The summed E-state index contributed by atoms with van der Waals surface area (Å²) in [4.78, 5) is 25.3. The Bertz CT molecular complexity index is 980. The SMILES string of the molecule is CCCC/C=C/C/C=C/CCCCCCCC(=O)OC[C@H](CO[C@@H]1O[C@H](CO)[C@H](O)C(O)C1O)OC(=O)CCCCC/C=C/CCCCCCCCCC. The number of aliphatic hydroxyl groups excluding tert-OH is 4. The first-order valence-electron chi connectivity index (χ1n) is 21.6. The second-order valence-electron chi connectivity index (χ2n) is 14.8. The van der Waals surface area contributed by atoms with E-state index in [1.54, 1.807) is 0 Å². The van der Waals surface area contributed by atoms with Gasteiger partial charge in [0.1, 0.15) is 31.0 Å². The Balaban J connectivity index is 2.38. The van der Waals surface area contributed by atoms with E-state index < -0.39 is 55.4 Å². The summed E-state index contributed by atoms with van der Waals surface area (Å²) in [5.74, 6) is -0.841. The highest BCUT2D eigenvalue weighted by Gasteiger charge is 2.44. The third-order valence-corrected chi connectivity index (χ3v) is 9.75. The second-order valence-corrected chi connectivity index (χ2v) is 14.8. The van der Waals surface area contributed by atoms with Gasteiger partial charge in [0.25, 0.3) is 0 Å². The number of carbonyl (C=O) groups is 2. The first-order valence-corrected chi connectivity index (χ1v) is 21.6. The third kappa shape index (κ3) is 26.7. The van der Waals surface area contributed by atoms with E-state index in [0.29, 0.717) is 12.8 Å². The molecule has 1 rings (SSSR count). The number of allylic oxidation sites excluding steroid dienone is 6. The molecule has 0 radical (unpaired) electrons. The molecule has 1 aliphatic rings. The predicted octanol–water partition coefficient (Wildman–Crippen LogP) is 8.72. The molecule has 2 unspecified atom stereocenters. The smallest absolute Gasteiger partial charge is 0.306 e. The molecule has 0 aromatic heterocycles. The van der Waals surface area contributed by atoms with Crippen LogP contribution < -0.4 is 0 Å². The standard InChI is InChI=1S/C44H78O10/c1-3-5-7-9-11-13-15-17-19-21-23-25-27-29-31-33-40(47)53-37(36-52-44-43(50)42(49)41(48)38(34-45)54-44)35-51-39(46)32-30-28-26-24-22-20-18-16-14-12-10-8-6-4-2/h10,12,16,18,21,23,37-38,41-45,48-50H,3-9,11,13-15,17,19-20,22,24-36H2,1-2H3/b12-10+,18-16+,23-21+/t37-,38-,41+,42?,43?,44-/m1/s1. The molecule has 0 saturated carbocycles. The van der Waals surface area contributed by atoms with Crippen molar-refractivity contribution in [3.63, 3.8) is 0 Å². The van der Waals surface area contributed by atoms with Gasteiger partial charge < -0.3 is 39.4 Å². The van der Waals surface area contributed by atoms with Crippen molar-refractivity contribution < 1.29 is 49.0 Å². The maximum absolute atomic E-state index is 12.7. The number of ether oxygens (including phenoxy) is 4. The lowest BCUT2D eigenvalue weighted by Gasteiger charge is -2.39. The molecule has 0 aliphatic carbocycles. The van der Waals surface area contributed by atoms with Crippen molar-refractivity contribution in [3.8, 4) is 0 Å². The topological polar surface area (TPSA) is 152 Å². The lowest BCUT2D eigenvalue weighted by atomic mass is 9.99. The molecule has 0 bridgehead atoms. The first kappa shape index (κ1) is 49.9. The van der Waals surface area contributed by atoms with Gasteiger partial charge in [-0.2, -0.15) is 0 Å². The van der Waals surface area contributed by atoms with E-state index in [1.807, 2.05) is 0 Å². The summed E-state index contributed by atoms with van der Waals surface area (Å²) in [6, 6.07) is 0. The molecular formula is C44H78O10. The van der Waals surface area contributed by atoms with Gasteiger partial charge in [0.05, 0.1) is 13.2 Å². The van der Waals surface area contributed by atoms with E-state index in [2.05, 4.69) is 50.3 Å². The molecule has 0 aromatic carbocycles. The van der Waals surface area contributed by atoms with Crippen LogP contribution in [0.1, 0.15) is 174 Å². The molecule has 4 N–H and O–H groups in total. The van der Waals surface area contributed by atoms with Gasteiger partial charge in [-0.3, -0.25) is 9.59 Å². The average Bonchev–Trinajstić information content (AvgIpc) is 3.17. The first-order chi connectivity index (χ1) is 26.3. The Morgan fingerprint density at radius 3 is 1.63 bits per heavy atom. The molecule has 0 amide bonds. The van der Waals surface area contributed by atoms with Crippen LogP contribution in [0.25, 0.3) is 0 Å². The Morgan fingerprint density at radius 2 is 1.06 bits per heavy atom. The number of esters is 2. The van der Waals surface area contributed by atoms with Crippen molar-refractivity contribution in [2.24, 2.45) is 0 Å². The van der Waals surface area contributed by atoms with Crippen molar-refractivity contribution >= 4 is 11.9 Å². The fourth-order valence-corrected chi connectivity index (χ4v) is 6.26. The summed E-state index contributed by atoms with van der Waals surface area (Å²) in [6.45, 7) is 3.34. The summed E-state index contributed by atoms with van der Waals surface area (Å²) in [5.41, 5.74) is 0. The highest BCUT2D eigenvalue weighted by Crippen LogP contribution is 2.22. The Labute approximate surface area is 327 Å². The van der Waals surface area contributed by atoms with E-state index >= 15 is 0 Å².